The summed E-state index contributed by atoms with van der Waals surface area (Å²) in [6, 6.07) is 0. The maximum absolute atomic E-state index is 10.2. The molecule has 0 fully saturated rings. The van der Waals surface area contributed by atoms with Crippen molar-refractivity contribution in [2.24, 2.45) is 5.73 Å². The number of carbonyl (C=O) groups is 1. The summed E-state index contributed by atoms with van der Waals surface area (Å²) in [7, 11) is 0. The number of amides is 1. The minimum absolute atomic E-state index is 0. The van der Waals surface area contributed by atoms with Gasteiger partial charge >= 0.3 is 6.09 Å². The molecule has 0 unspecified atom stereocenters. The Morgan fingerprint density at radius 2 is 2.07 bits per heavy atom. The van der Waals surface area contributed by atoms with E-state index in [9.17, 15) is 4.79 Å². The Morgan fingerprint density at radius 1 is 1.33 bits per heavy atom. The number of hydrogen-bond acceptors (Lipinski definition) is 2. The minimum atomic E-state index is -0.701. The fourth-order valence-electron chi connectivity index (χ4n) is 1.19. The Kier molecular flexibility index (Phi) is 8.15. The molecule has 15 heavy (non-hydrogen) atoms. The summed E-state index contributed by atoms with van der Waals surface area (Å²) in [5.41, 5.74) is 6.00. The first-order chi connectivity index (χ1) is 7.20. The topological polar surface area (TPSA) is 52.3 Å². The van der Waals surface area contributed by atoms with E-state index in [1.54, 1.807) is 6.08 Å². The predicted molar refractivity (Wildman–Crippen MR) is 64.6 cm³/mol. The highest BCUT2D eigenvalue weighted by Gasteiger charge is 1.95. The van der Waals surface area contributed by atoms with Crippen molar-refractivity contribution in [3.8, 4) is 0 Å². The maximum Gasteiger partial charge on any atom is 0.404 e. The molecule has 3 heteroatoms. The second kappa shape index (κ2) is 9.06. The average Bonchev–Trinajstić information content (AvgIpc) is 2.21. The predicted octanol–water partition coefficient (Wildman–Crippen LogP) is 3.19. The normalized spacial score (nSPS) is 10.8. The zero-order valence-electron chi connectivity index (χ0n) is 9.08. The quantitative estimate of drug-likeness (QED) is 0.495. The van der Waals surface area contributed by atoms with E-state index in [1.807, 2.05) is 12.2 Å². The Balaban J connectivity index is 0. The van der Waals surface area contributed by atoms with Gasteiger partial charge in [-0.15, -0.1) is 0 Å². The molecule has 0 rings (SSSR count). The van der Waals surface area contributed by atoms with Gasteiger partial charge in [0.25, 0.3) is 0 Å². The molecule has 0 spiro atoms. The van der Waals surface area contributed by atoms with Gasteiger partial charge in [-0.05, 0) is 31.3 Å². The van der Waals surface area contributed by atoms with Crippen LogP contribution in [-0.2, 0) is 4.74 Å². The van der Waals surface area contributed by atoms with Crippen LogP contribution < -0.4 is 5.73 Å². The summed E-state index contributed by atoms with van der Waals surface area (Å²) in [5, 5.41) is 0. The molecule has 86 valence electrons. The first kappa shape index (κ1) is 13.5. The molecule has 2 N–H and O–H groups in total. The molecule has 0 aliphatic heterocycles. The first-order valence-electron chi connectivity index (χ1n) is 5.07. The summed E-state index contributed by atoms with van der Waals surface area (Å²) in [6.07, 6.45) is 8.73. The third-order valence-corrected chi connectivity index (χ3v) is 1.95. The van der Waals surface area contributed by atoms with E-state index in [1.165, 1.54) is 5.57 Å². The van der Waals surface area contributed by atoms with Crippen LogP contribution in [0.5, 0.6) is 0 Å². The summed E-state index contributed by atoms with van der Waals surface area (Å²) >= 11 is 0. The lowest BCUT2D eigenvalue weighted by atomic mass is 10.1. The average molecular weight is 211 g/mol. The fourth-order valence-corrected chi connectivity index (χ4v) is 1.19. The molecule has 0 atom stereocenters. The highest BCUT2D eigenvalue weighted by Crippen LogP contribution is 2.09. The van der Waals surface area contributed by atoms with Crippen LogP contribution in [0.1, 0.15) is 27.1 Å². The summed E-state index contributed by atoms with van der Waals surface area (Å²) in [5.74, 6) is 0. The van der Waals surface area contributed by atoms with Crippen LogP contribution in [0.3, 0.4) is 0 Å². The summed E-state index contributed by atoms with van der Waals surface area (Å²) in [6.45, 7) is 7.75. The van der Waals surface area contributed by atoms with E-state index in [0.29, 0.717) is 6.61 Å². The second-order valence-corrected chi connectivity index (χ2v) is 3.16. The first-order valence-corrected chi connectivity index (χ1v) is 5.07. The molecule has 0 aliphatic rings. The van der Waals surface area contributed by atoms with E-state index in [2.05, 4.69) is 17.9 Å². The lowest BCUT2D eigenvalue weighted by molar-refractivity contribution is 0.154. The molecule has 3 nitrogen and oxygen atoms in total. The molecule has 0 bridgehead atoms. The number of unbranched alkanes of at least 4 members (excludes halogenated alkanes) is 2. The van der Waals surface area contributed by atoms with Crippen LogP contribution in [0.4, 0.5) is 4.79 Å². The molecule has 0 aromatic heterocycles. The lowest BCUT2D eigenvalue weighted by Crippen LogP contribution is -2.13. The van der Waals surface area contributed by atoms with Crippen molar-refractivity contribution >= 4 is 6.09 Å². The second-order valence-electron chi connectivity index (χ2n) is 3.16. The van der Waals surface area contributed by atoms with Gasteiger partial charge in [0, 0.05) is 1.43 Å². The molecule has 0 heterocycles. The molecule has 0 aromatic carbocycles. The number of ether oxygens (including phenoxy) is 1. The Bertz CT molecular complexity index is 249. The van der Waals surface area contributed by atoms with Gasteiger partial charge in [-0.2, -0.15) is 0 Å². The maximum atomic E-state index is 10.2. The van der Waals surface area contributed by atoms with Crippen LogP contribution in [0.25, 0.3) is 0 Å². The van der Waals surface area contributed by atoms with Crippen LogP contribution in [0, 0.1) is 0 Å². The SMILES string of the molecule is C=C/C=C(\C=C)CCCCCOC(N)=O.[HH]. The van der Waals surface area contributed by atoms with Crippen LogP contribution in [0.15, 0.2) is 37.0 Å². The lowest BCUT2D eigenvalue weighted by Gasteiger charge is -2.02. The zero-order valence-corrected chi connectivity index (χ0v) is 9.08. The summed E-state index contributed by atoms with van der Waals surface area (Å²) < 4.78 is 4.61. The molecule has 0 saturated heterocycles. The number of hydrogen-bond donors (Lipinski definition) is 1. The zero-order chi connectivity index (χ0) is 11.5. The van der Waals surface area contributed by atoms with Gasteiger partial charge < -0.3 is 10.5 Å². The van der Waals surface area contributed by atoms with Crippen LogP contribution in [0.2, 0.25) is 0 Å². The fraction of sp³-hybridized carbons (Fsp3) is 0.417. The van der Waals surface area contributed by atoms with E-state index in [0.717, 1.165) is 25.7 Å². The van der Waals surface area contributed by atoms with E-state index >= 15 is 0 Å². The van der Waals surface area contributed by atoms with Crippen molar-refractivity contribution in [1.82, 2.24) is 0 Å². The third-order valence-electron chi connectivity index (χ3n) is 1.95. The minimum Gasteiger partial charge on any atom is -0.450 e. The van der Waals surface area contributed by atoms with Gasteiger partial charge in [-0.3, -0.25) is 0 Å². The van der Waals surface area contributed by atoms with Crippen molar-refractivity contribution in [1.29, 1.82) is 0 Å². The number of rotatable bonds is 8. The third kappa shape index (κ3) is 8.81. The van der Waals surface area contributed by atoms with Gasteiger partial charge in [-0.25, -0.2) is 4.79 Å². The van der Waals surface area contributed by atoms with Crippen molar-refractivity contribution in [3.05, 3.63) is 37.0 Å². The monoisotopic (exact) mass is 211 g/mol. The standard InChI is InChI=1S/C12H19NO2.H2/c1-3-8-11(4-2)9-6-5-7-10-15-12(13)14;/h3-4,8H,1-2,5-7,9-10H2,(H2,13,14);1H/b11-8+;. The number of nitrogens with two attached hydrogens (primary N) is 1. The number of carbonyl (C=O) groups excluding carboxylic acids is 1. The largest absolute Gasteiger partial charge is 0.450 e. The number of primary amides is 1. The van der Waals surface area contributed by atoms with Crippen molar-refractivity contribution in [2.75, 3.05) is 6.61 Å². The molecular formula is C12H21NO2. The highest BCUT2D eigenvalue weighted by atomic mass is 16.5. The van der Waals surface area contributed by atoms with Gasteiger partial charge in [-0.1, -0.05) is 31.4 Å². The van der Waals surface area contributed by atoms with Gasteiger partial charge in [0.1, 0.15) is 0 Å². The van der Waals surface area contributed by atoms with Gasteiger partial charge in [0.05, 0.1) is 6.61 Å². The Labute approximate surface area is 92.8 Å². The van der Waals surface area contributed by atoms with Crippen molar-refractivity contribution in [3.63, 3.8) is 0 Å². The molecule has 0 aliphatic carbocycles. The van der Waals surface area contributed by atoms with Gasteiger partial charge in [0.15, 0.2) is 0 Å². The smallest absolute Gasteiger partial charge is 0.404 e. The Hall–Kier alpha value is -1.51. The molecule has 1 amide bonds. The van der Waals surface area contributed by atoms with Crippen LogP contribution in [-0.4, -0.2) is 12.7 Å². The summed E-state index contributed by atoms with van der Waals surface area (Å²) in [4.78, 5) is 10.2. The highest BCUT2D eigenvalue weighted by molar-refractivity contribution is 5.64. The molecule has 0 saturated carbocycles. The molecule has 0 radical (unpaired) electrons. The van der Waals surface area contributed by atoms with Crippen molar-refractivity contribution < 1.29 is 11.0 Å². The van der Waals surface area contributed by atoms with Crippen LogP contribution >= 0.6 is 0 Å². The van der Waals surface area contributed by atoms with E-state index in [-0.39, 0.29) is 1.43 Å². The number of allylic oxidation sites excluding steroid dienone is 4. The van der Waals surface area contributed by atoms with Gasteiger partial charge in [0.2, 0.25) is 0 Å². The molecule has 0 aromatic rings. The van der Waals surface area contributed by atoms with E-state index < -0.39 is 6.09 Å². The molecular weight excluding hydrogens is 190 g/mol. The van der Waals surface area contributed by atoms with E-state index in [4.69, 9.17) is 5.73 Å². The Morgan fingerprint density at radius 3 is 2.60 bits per heavy atom. The van der Waals surface area contributed by atoms with Crippen molar-refractivity contribution in [2.45, 2.75) is 25.7 Å².